The highest BCUT2D eigenvalue weighted by molar-refractivity contribution is 6.01. The van der Waals surface area contributed by atoms with Gasteiger partial charge in [-0.05, 0) is 85.3 Å². The van der Waals surface area contributed by atoms with E-state index in [-0.39, 0.29) is 5.78 Å². The second-order valence-corrected chi connectivity index (χ2v) is 9.63. The molecule has 0 saturated carbocycles. The number of carbonyl (C=O) groups excluding carboxylic acids is 1. The molecule has 2 N–H and O–H groups in total. The van der Waals surface area contributed by atoms with Crippen molar-refractivity contribution in [2.45, 2.75) is 45.6 Å². The Morgan fingerprint density at radius 3 is 2.55 bits per heavy atom. The predicted molar refractivity (Wildman–Crippen MR) is 145 cm³/mol. The number of nitrogens with zero attached hydrogens (tertiary/aromatic N) is 3. The number of hydrogen-bond acceptors (Lipinski definition) is 7. The van der Waals surface area contributed by atoms with E-state index in [4.69, 9.17) is 15.2 Å². The molecular weight excluding hydrogens is 476 g/mol. The average molecular weight is 507 g/mol. The van der Waals surface area contributed by atoms with Gasteiger partial charge in [0.25, 0.3) is 0 Å². The molecule has 5 rings (SSSR count). The Balaban J connectivity index is 1.59. The van der Waals surface area contributed by atoms with E-state index in [0.717, 1.165) is 51.6 Å². The normalized spacial score (nSPS) is 17.3. The third kappa shape index (κ3) is 4.50. The number of carbonyl (C=O) groups is 1. The molecule has 2 aliphatic rings. The Morgan fingerprint density at radius 2 is 1.87 bits per heavy atom. The first-order chi connectivity index (χ1) is 18.4. The van der Waals surface area contributed by atoms with E-state index >= 15 is 0 Å². The fourth-order valence-corrected chi connectivity index (χ4v) is 5.39. The minimum atomic E-state index is -0.531. The first kappa shape index (κ1) is 25.1. The van der Waals surface area contributed by atoms with Gasteiger partial charge in [-0.15, -0.1) is 0 Å². The summed E-state index contributed by atoms with van der Waals surface area (Å²) in [6, 6.07) is 17.7. The van der Waals surface area contributed by atoms with Crippen molar-refractivity contribution < 1.29 is 14.3 Å². The van der Waals surface area contributed by atoms with Gasteiger partial charge in [0.2, 0.25) is 0 Å². The number of ether oxygens (including phenoxy) is 2. The van der Waals surface area contributed by atoms with Gasteiger partial charge in [-0.1, -0.05) is 12.1 Å². The van der Waals surface area contributed by atoms with Gasteiger partial charge in [0.05, 0.1) is 36.6 Å². The van der Waals surface area contributed by atoms with Crippen molar-refractivity contribution in [3.8, 4) is 17.6 Å². The number of aryl methyl sites for hydroxylation is 2. The highest BCUT2D eigenvalue weighted by Gasteiger charge is 2.41. The van der Waals surface area contributed by atoms with Crippen LogP contribution in [0.3, 0.4) is 0 Å². The standard InChI is InChI=1S/C31H30N4O3/c1-19-14-20(2)25(15-21(19)18-38-24-11-9-23(37-3)10-12-24)29-26(16-32)31(33)35(22-6-5-13-34-17-22)27-7-4-8-28(36)30(27)29/h5-6,9-15,17,29H,4,7-8,18,33H2,1-3H3. The van der Waals surface area contributed by atoms with Crippen molar-refractivity contribution in [2.24, 2.45) is 5.73 Å². The van der Waals surface area contributed by atoms with Crippen LogP contribution in [0.1, 0.15) is 47.4 Å². The number of ketones is 1. The lowest BCUT2D eigenvalue weighted by Gasteiger charge is -2.40. The number of allylic oxidation sites excluding steroid dienone is 3. The van der Waals surface area contributed by atoms with Crippen LogP contribution in [0.25, 0.3) is 0 Å². The molecule has 1 aliphatic carbocycles. The third-order valence-electron chi connectivity index (χ3n) is 7.31. The van der Waals surface area contributed by atoms with E-state index in [2.05, 4.69) is 23.2 Å². The molecule has 0 spiro atoms. The Kier molecular flexibility index (Phi) is 6.89. The Hall–Kier alpha value is -4.57. The summed E-state index contributed by atoms with van der Waals surface area (Å²) in [6.45, 7) is 4.41. The molecule has 2 heterocycles. The molecule has 0 fully saturated rings. The molecule has 0 amide bonds. The predicted octanol–water partition coefficient (Wildman–Crippen LogP) is 5.59. The molecular formula is C31H30N4O3. The summed E-state index contributed by atoms with van der Waals surface area (Å²) < 4.78 is 11.3. The van der Waals surface area contributed by atoms with Crippen molar-refractivity contribution >= 4 is 11.5 Å². The van der Waals surface area contributed by atoms with Crippen LogP contribution in [-0.4, -0.2) is 17.9 Å². The maximum absolute atomic E-state index is 13.5. The van der Waals surface area contributed by atoms with Crippen LogP contribution < -0.4 is 20.1 Å². The van der Waals surface area contributed by atoms with Crippen molar-refractivity contribution in [2.75, 3.05) is 12.0 Å². The second-order valence-electron chi connectivity index (χ2n) is 9.63. The zero-order chi connectivity index (χ0) is 26.8. The van der Waals surface area contributed by atoms with Crippen LogP contribution >= 0.6 is 0 Å². The first-order valence-electron chi connectivity index (χ1n) is 12.7. The van der Waals surface area contributed by atoms with Gasteiger partial charge < -0.3 is 15.2 Å². The minimum Gasteiger partial charge on any atom is -0.497 e. The summed E-state index contributed by atoms with van der Waals surface area (Å²) >= 11 is 0. The molecule has 0 saturated heterocycles. The largest absolute Gasteiger partial charge is 0.497 e. The van der Waals surface area contributed by atoms with Gasteiger partial charge >= 0.3 is 0 Å². The number of Topliss-reactive ketones (excluding diaryl/α,β-unsaturated/α-hetero) is 1. The van der Waals surface area contributed by atoms with Crippen LogP contribution in [-0.2, 0) is 11.4 Å². The maximum atomic E-state index is 13.5. The molecule has 2 aromatic carbocycles. The number of rotatable bonds is 6. The van der Waals surface area contributed by atoms with Crippen LogP contribution in [0.4, 0.5) is 5.69 Å². The van der Waals surface area contributed by atoms with E-state index in [1.54, 1.807) is 19.5 Å². The fraction of sp³-hybridized carbons (Fsp3) is 0.258. The van der Waals surface area contributed by atoms with Gasteiger partial charge in [-0.3, -0.25) is 14.7 Å². The number of nitriles is 1. The van der Waals surface area contributed by atoms with Crippen LogP contribution in [0.5, 0.6) is 11.5 Å². The number of nitrogens with two attached hydrogens (primary N) is 1. The zero-order valence-corrected chi connectivity index (χ0v) is 21.8. The minimum absolute atomic E-state index is 0.0569. The Labute approximate surface area is 222 Å². The molecule has 3 aromatic rings. The van der Waals surface area contributed by atoms with E-state index in [0.29, 0.717) is 36.4 Å². The van der Waals surface area contributed by atoms with Crippen molar-refractivity contribution in [3.63, 3.8) is 0 Å². The summed E-state index contributed by atoms with van der Waals surface area (Å²) in [5.74, 6) is 1.36. The number of aromatic nitrogens is 1. The van der Waals surface area contributed by atoms with Crippen molar-refractivity contribution in [1.82, 2.24) is 4.98 Å². The molecule has 192 valence electrons. The number of pyridine rings is 1. The van der Waals surface area contributed by atoms with Gasteiger partial charge in [0.15, 0.2) is 5.78 Å². The number of methoxy groups -OCH3 is 1. The SMILES string of the molecule is COc1ccc(OCc2cc(C3C(C#N)=C(N)N(c4cccnc4)C4=C3C(=O)CCC4)c(C)cc2C)cc1. The molecule has 0 radical (unpaired) electrons. The lowest BCUT2D eigenvalue weighted by molar-refractivity contribution is -0.116. The smallest absolute Gasteiger partial charge is 0.161 e. The number of anilines is 1. The molecule has 7 nitrogen and oxygen atoms in total. The fourth-order valence-electron chi connectivity index (χ4n) is 5.39. The Bertz CT molecular complexity index is 1480. The summed E-state index contributed by atoms with van der Waals surface area (Å²) in [5.41, 5.74) is 13.3. The molecule has 1 aromatic heterocycles. The van der Waals surface area contributed by atoms with E-state index in [1.165, 1.54) is 0 Å². The zero-order valence-electron chi connectivity index (χ0n) is 21.8. The maximum Gasteiger partial charge on any atom is 0.161 e. The van der Waals surface area contributed by atoms with Gasteiger partial charge in [-0.2, -0.15) is 5.26 Å². The number of hydrogen-bond donors (Lipinski definition) is 1. The quantitative estimate of drug-likeness (QED) is 0.465. The summed E-state index contributed by atoms with van der Waals surface area (Å²) in [5, 5.41) is 10.3. The molecule has 1 unspecified atom stereocenters. The second kappa shape index (κ2) is 10.4. The van der Waals surface area contributed by atoms with Crippen molar-refractivity contribution in [3.05, 3.63) is 106 Å². The third-order valence-corrected chi connectivity index (χ3v) is 7.31. The molecule has 0 bridgehead atoms. The summed E-state index contributed by atoms with van der Waals surface area (Å²) in [6.07, 6.45) is 5.28. The summed E-state index contributed by atoms with van der Waals surface area (Å²) in [4.78, 5) is 19.6. The lowest BCUT2D eigenvalue weighted by Crippen LogP contribution is -2.39. The van der Waals surface area contributed by atoms with E-state index < -0.39 is 5.92 Å². The van der Waals surface area contributed by atoms with Gasteiger partial charge in [0.1, 0.15) is 23.9 Å². The van der Waals surface area contributed by atoms with Crippen molar-refractivity contribution in [1.29, 1.82) is 5.26 Å². The molecule has 1 atom stereocenters. The van der Waals surface area contributed by atoms with Gasteiger partial charge in [-0.25, -0.2) is 0 Å². The van der Waals surface area contributed by atoms with E-state index in [9.17, 15) is 10.1 Å². The van der Waals surface area contributed by atoms with Crippen LogP contribution in [0, 0.1) is 25.2 Å². The van der Waals surface area contributed by atoms with Gasteiger partial charge in [0, 0.05) is 23.9 Å². The molecule has 1 aliphatic heterocycles. The molecule has 7 heteroatoms. The molecule has 38 heavy (non-hydrogen) atoms. The lowest BCUT2D eigenvalue weighted by atomic mass is 9.74. The Morgan fingerprint density at radius 1 is 1.11 bits per heavy atom. The highest BCUT2D eigenvalue weighted by atomic mass is 16.5. The monoisotopic (exact) mass is 506 g/mol. The topological polar surface area (TPSA) is 101 Å². The van der Waals surface area contributed by atoms with E-state index in [1.807, 2.05) is 55.1 Å². The van der Waals surface area contributed by atoms with Crippen LogP contribution in [0.2, 0.25) is 0 Å². The summed E-state index contributed by atoms with van der Waals surface area (Å²) in [7, 11) is 1.63. The average Bonchev–Trinajstić information content (AvgIpc) is 2.93. The first-order valence-corrected chi connectivity index (χ1v) is 12.7. The number of benzene rings is 2. The van der Waals surface area contributed by atoms with Crippen LogP contribution in [0.15, 0.2) is 83.6 Å². The highest BCUT2D eigenvalue weighted by Crippen LogP contribution is 2.47.